The maximum Gasteiger partial charge on any atom is 0.130 e. The zero-order valence-electron chi connectivity index (χ0n) is 7.66. The van der Waals surface area contributed by atoms with Gasteiger partial charge in [0, 0.05) is 5.02 Å². The van der Waals surface area contributed by atoms with Gasteiger partial charge in [-0.2, -0.15) is 0 Å². The molecule has 2 nitrogen and oxygen atoms in total. The fraction of sp³-hybridized carbons (Fsp3) is 0.0909. The molecule has 0 radical (unpaired) electrons. The molecule has 3 heteroatoms. The topological polar surface area (TPSA) is 29.5 Å². The van der Waals surface area contributed by atoms with E-state index in [2.05, 4.69) is 13.2 Å². The first-order chi connectivity index (χ1) is 6.65. The molecular weight excluding hydrogens is 200 g/mol. The van der Waals surface area contributed by atoms with E-state index in [0.717, 1.165) is 0 Å². The zero-order valence-corrected chi connectivity index (χ0v) is 8.42. The van der Waals surface area contributed by atoms with E-state index >= 15 is 0 Å². The highest BCUT2D eigenvalue weighted by molar-refractivity contribution is 6.30. The molecule has 0 fully saturated rings. The molecule has 0 heterocycles. The maximum absolute atomic E-state index is 9.27. The Labute approximate surface area is 88.1 Å². The number of hydrogen-bond donors (Lipinski definition) is 1. The van der Waals surface area contributed by atoms with E-state index in [1.54, 1.807) is 24.3 Å². The minimum absolute atomic E-state index is 0.0634. The summed E-state index contributed by atoms with van der Waals surface area (Å²) in [6.45, 7) is 7.34. The van der Waals surface area contributed by atoms with Crippen LogP contribution in [-0.2, 0) is 0 Å². The van der Waals surface area contributed by atoms with E-state index in [1.165, 1.54) is 0 Å². The van der Waals surface area contributed by atoms with Crippen LogP contribution in [0.5, 0.6) is 5.75 Å². The summed E-state index contributed by atoms with van der Waals surface area (Å²) in [5.74, 6) is 0.480. The molecule has 0 unspecified atom stereocenters. The predicted molar refractivity (Wildman–Crippen MR) is 58.8 cm³/mol. The van der Waals surface area contributed by atoms with Gasteiger partial charge >= 0.3 is 0 Å². The molecule has 1 N–H and O–H groups in total. The fourth-order valence-electron chi connectivity index (χ4n) is 1.00. The van der Waals surface area contributed by atoms with E-state index in [-0.39, 0.29) is 5.76 Å². The number of benzene rings is 1. The quantitative estimate of drug-likeness (QED) is 0.610. The molecule has 0 aliphatic rings. The van der Waals surface area contributed by atoms with Gasteiger partial charge in [-0.25, -0.2) is 0 Å². The monoisotopic (exact) mass is 210 g/mol. The predicted octanol–water partition coefficient (Wildman–Crippen LogP) is 3.43. The van der Waals surface area contributed by atoms with Crippen molar-refractivity contribution in [2.45, 2.75) is 0 Å². The largest absolute Gasteiger partial charge is 0.508 e. The lowest BCUT2D eigenvalue weighted by Crippen LogP contribution is -1.96. The molecule has 0 atom stereocenters. The Bertz CT molecular complexity index is 358. The number of aliphatic hydroxyl groups is 1. The van der Waals surface area contributed by atoms with Crippen LogP contribution in [0.1, 0.15) is 5.56 Å². The maximum atomic E-state index is 9.27. The Morgan fingerprint density at radius 2 is 2.29 bits per heavy atom. The molecule has 0 saturated heterocycles. The first kappa shape index (κ1) is 10.7. The van der Waals surface area contributed by atoms with Crippen LogP contribution in [0.15, 0.2) is 37.4 Å². The van der Waals surface area contributed by atoms with Gasteiger partial charge in [0.1, 0.15) is 18.1 Å². The first-order valence-electron chi connectivity index (χ1n) is 4.06. The van der Waals surface area contributed by atoms with Gasteiger partial charge in [-0.05, 0) is 18.2 Å². The number of aliphatic hydroxyl groups excluding tert-OH is 1. The van der Waals surface area contributed by atoms with Gasteiger partial charge in [0.25, 0.3) is 0 Å². The van der Waals surface area contributed by atoms with Crippen LogP contribution in [0.25, 0.3) is 5.76 Å². The lowest BCUT2D eigenvalue weighted by Gasteiger charge is -2.09. The van der Waals surface area contributed by atoms with Gasteiger partial charge in [-0.15, -0.1) is 0 Å². The molecule has 14 heavy (non-hydrogen) atoms. The molecule has 0 aromatic heterocycles. The van der Waals surface area contributed by atoms with Crippen LogP contribution in [0, 0.1) is 0 Å². The van der Waals surface area contributed by atoms with Crippen LogP contribution in [0.4, 0.5) is 0 Å². The average molecular weight is 211 g/mol. The van der Waals surface area contributed by atoms with Crippen molar-refractivity contribution in [3.63, 3.8) is 0 Å². The second-order valence-electron chi connectivity index (χ2n) is 2.69. The highest BCUT2D eigenvalue weighted by Crippen LogP contribution is 2.27. The van der Waals surface area contributed by atoms with Crippen molar-refractivity contribution in [3.8, 4) is 5.75 Å². The molecule has 1 rings (SSSR count). The molecule has 1 aromatic carbocycles. The summed E-state index contributed by atoms with van der Waals surface area (Å²) < 4.78 is 5.31. The van der Waals surface area contributed by atoms with E-state index in [9.17, 15) is 5.11 Å². The van der Waals surface area contributed by atoms with Gasteiger partial charge in [0.05, 0.1) is 5.56 Å². The second-order valence-corrected chi connectivity index (χ2v) is 3.12. The first-order valence-corrected chi connectivity index (χ1v) is 4.44. The number of halogens is 1. The molecule has 0 spiro atoms. The van der Waals surface area contributed by atoms with Gasteiger partial charge in [-0.1, -0.05) is 30.8 Å². The Hall–Kier alpha value is -1.41. The summed E-state index contributed by atoms with van der Waals surface area (Å²) in [4.78, 5) is 0. The van der Waals surface area contributed by atoms with Crippen molar-refractivity contribution < 1.29 is 9.84 Å². The van der Waals surface area contributed by atoms with Gasteiger partial charge in [0.15, 0.2) is 0 Å². The Kier molecular flexibility index (Phi) is 3.60. The average Bonchev–Trinajstić information content (AvgIpc) is 2.15. The molecule has 0 amide bonds. The van der Waals surface area contributed by atoms with Crippen molar-refractivity contribution in [3.05, 3.63) is 48.0 Å². The summed E-state index contributed by atoms with van der Waals surface area (Å²) in [5.41, 5.74) is 0.499. The summed E-state index contributed by atoms with van der Waals surface area (Å²) >= 11 is 5.77. The van der Waals surface area contributed by atoms with Crippen molar-refractivity contribution in [1.82, 2.24) is 0 Å². The van der Waals surface area contributed by atoms with Crippen LogP contribution in [0.2, 0.25) is 5.02 Å². The third kappa shape index (κ3) is 2.54. The molecule has 0 bridgehead atoms. The normalized spacial score (nSPS) is 9.50. The third-order valence-electron chi connectivity index (χ3n) is 1.61. The number of hydrogen-bond acceptors (Lipinski definition) is 2. The fourth-order valence-corrected chi connectivity index (χ4v) is 1.17. The van der Waals surface area contributed by atoms with Crippen LogP contribution in [0.3, 0.4) is 0 Å². The van der Waals surface area contributed by atoms with Crippen molar-refractivity contribution in [1.29, 1.82) is 0 Å². The minimum atomic E-state index is -0.0634. The number of rotatable bonds is 4. The van der Waals surface area contributed by atoms with Crippen LogP contribution < -0.4 is 4.74 Å². The molecule has 1 aromatic rings. The van der Waals surface area contributed by atoms with E-state index < -0.39 is 0 Å². The summed E-state index contributed by atoms with van der Waals surface area (Å²) in [5, 5.41) is 9.80. The van der Waals surface area contributed by atoms with Crippen molar-refractivity contribution in [2.24, 2.45) is 0 Å². The van der Waals surface area contributed by atoms with Crippen molar-refractivity contribution >= 4 is 17.4 Å². The minimum Gasteiger partial charge on any atom is -0.508 e. The SMILES string of the molecule is C=CCOc1ccc(Cl)cc1C(=C)O. The Balaban J connectivity index is 3.01. The highest BCUT2D eigenvalue weighted by Gasteiger charge is 2.06. The molecule has 0 saturated carbocycles. The molecule has 0 aliphatic carbocycles. The Morgan fingerprint density at radius 3 is 2.86 bits per heavy atom. The third-order valence-corrected chi connectivity index (χ3v) is 1.84. The lowest BCUT2D eigenvalue weighted by molar-refractivity contribution is 0.359. The smallest absolute Gasteiger partial charge is 0.130 e. The summed E-state index contributed by atoms with van der Waals surface area (Å²) in [6, 6.07) is 4.97. The van der Waals surface area contributed by atoms with Crippen molar-refractivity contribution in [2.75, 3.05) is 6.61 Å². The van der Waals surface area contributed by atoms with Gasteiger partial charge in [-0.3, -0.25) is 0 Å². The standard InChI is InChI=1S/C11H11ClO2/c1-3-6-14-11-5-4-9(12)7-10(11)8(2)13/h3-5,7,13H,1-2,6H2. The van der Waals surface area contributed by atoms with E-state index in [4.69, 9.17) is 16.3 Å². The van der Waals surface area contributed by atoms with E-state index in [0.29, 0.717) is 22.9 Å². The second kappa shape index (κ2) is 4.72. The van der Waals surface area contributed by atoms with Gasteiger partial charge < -0.3 is 9.84 Å². The molecule has 74 valence electrons. The number of ether oxygens (including phenoxy) is 1. The van der Waals surface area contributed by atoms with E-state index in [1.807, 2.05) is 0 Å². The van der Waals surface area contributed by atoms with Crippen LogP contribution in [-0.4, -0.2) is 11.7 Å². The lowest BCUT2D eigenvalue weighted by atomic mass is 10.2. The summed E-state index contributed by atoms with van der Waals surface area (Å²) in [7, 11) is 0. The molecule has 0 aliphatic heterocycles. The Morgan fingerprint density at radius 1 is 1.57 bits per heavy atom. The zero-order chi connectivity index (χ0) is 10.6. The van der Waals surface area contributed by atoms with Gasteiger partial charge in [0.2, 0.25) is 0 Å². The summed E-state index contributed by atoms with van der Waals surface area (Å²) in [6.07, 6.45) is 1.62. The van der Waals surface area contributed by atoms with Crippen LogP contribution >= 0.6 is 11.6 Å². The highest BCUT2D eigenvalue weighted by atomic mass is 35.5. The molecular formula is C11H11ClO2.